The van der Waals surface area contributed by atoms with Crippen LogP contribution in [0.2, 0.25) is 19.4 Å². The fraction of sp³-hybridized carbons (Fsp3) is 0. The molecule has 1 amide bonds. The molecular weight excluding hydrogens is 336 g/mol. The highest BCUT2D eigenvalue weighted by Crippen LogP contribution is 2.33. The first kappa shape index (κ1) is 14.0. The van der Waals surface area contributed by atoms with Gasteiger partial charge in [-0.25, -0.2) is 0 Å². The van der Waals surface area contributed by atoms with Crippen LogP contribution in [0.5, 0.6) is 0 Å². The molecule has 0 aliphatic carbocycles. The largest absolute Gasteiger partial charge is 0.320 e. The summed E-state index contributed by atoms with van der Waals surface area (Å²) in [6.45, 7) is 0. The molecule has 0 saturated heterocycles. The van der Waals surface area contributed by atoms with Crippen molar-refractivity contribution in [3.8, 4) is 0 Å². The third-order valence-corrected chi connectivity index (χ3v) is 4.32. The molecule has 2 aromatic rings. The topological polar surface area (TPSA) is 29.1 Å². The Labute approximate surface area is 127 Å². The maximum absolute atomic E-state index is 11.9. The van der Waals surface area contributed by atoms with Gasteiger partial charge in [0, 0.05) is 0 Å². The smallest absolute Gasteiger partial charge is 0.265 e. The average molecular weight is 341 g/mol. The van der Waals surface area contributed by atoms with Crippen LogP contribution in [0.1, 0.15) is 9.67 Å². The van der Waals surface area contributed by atoms with Gasteiger partial charge in [0.05, 0.1) is 30.0 Å². The molecule has 7 heteroatoms. The van der Waals surface area contributed by atoms with E-state index in [2.05, 4.69) is 5.32 Å². The normalized spacial score (nSPS) is 10.4. The predicted octanol–water partition coefficient (Wildman–Crippen LogP) is 5.61. The van der Waals surface area contributed by atoms with Crippen molar-refractivity contribution in [2.75, 3.05) is 5.32 Å². The molecule has 0 aliphatic heterocycles. The quantitative estimate of drug-likeness (QED) is 0.707. The number of hydrogen-bond donors (Lipinski definition) is 1. The van der Waals surface area contributed by atoms with Gasteiger partial charge in [-0.05, 0) is 24.3 Å². The molecule has 94 valence electrons. The van der Waals surface area contributed by atoms with Gasteiger partial charge in [0.15, 0.2) is 0 Å². The fourth-order valence-electron chi connectivity index (χ4n) is 1.24. The van der Waals surface area contributed by atoms with Crippen molar-refractivity contribution < 1.29 is 4.79 Å². The molecule has 0 spiro atoms. The van der Waals surface area contributed by atoms with Crippen molar-refractivity contribution in [2.45, 2.75) is 0 Å². The van der Waals surface area contributed by atoms with E-state index in [0.717, 1.165) is 0 Å². The highest BCUT2D eigenvalue weighted by Gasteiger charge is 2.12. The van der Waals surface area contributed by atoms with Crippen LogP contribution >= 0.6 is 57.7 Å². The minimum absolute atomic E-state index is 0.299. The Bertz CT molecular complexity index is 611. The first-order chi connectivity index (χ1) is 8.47. The molecule has 1 aromatic carbocycles. The number of amides is 1. The Kier molecular flexibility index (Phi) is 4.41. The van der Waals surface area contributed by atoms with E-state index < -0.39 is 0 Å². The summed E-state index contributed by atoms with van der Waals surface area (Å²) >= 11 is 24.6. The van der Waals surface area contributed by atoms with Crippen molar-refractivity contribution in [1.82, 2.24) is 0 Å². The monoisotopic (exact) mass is 339 g/mol. The van der Waals surface area contributed by atoms with E-state index >= 15 is 0 Å². The molecule has 1 heterocycles. The predicted molar refractivity (Wildman–Crippen MR) is 78.8 cm³/mol. The van der Waals surface area contributed by atoms with Crippen molar-refractivity contribution in [2.24, 2.45) is 0 Å². The summed E-state index contributed by atoms with van der Waals surface area (Å²) in [5.74, 6) is -0.299. The summed E-state index contributed by atoms with van der Waals surface area (Å²) in [6.07, 6.45) is 0. The molecule has 1 aromatic heterocycles. The van der Waals surface area contributed by atoms with E-state index in [1.807, 2.05) is 0 Å². The zero-order valence-electron chi connectivity index (χ0n) is 8.64. The minimum atomic E-state index is -0.299. The third-order valence-electron chi connectivity index (χ3n) is 2.06. The van der Waals surface area contributed by atoms with Crippen molar-refractivity contribution >= 4 is 69.3 Å². The Balaban J connectivity index is 2.24. The Morgan fingerprint density at radius 1 is 1.00 bits per heavy atom. The van der Waals surface area contributed by atoms with Gasteiger partial charge in [-0.15, -0.1) is 11.3 Å². The zero-order chi connectivity index (χ0) is 13.3. The lowest BCUT2D eigenvalue weighted by molar-refractivity contribution is 0.103. The Morgan fingerprint density at radius 2 is 1.67 bits per heavy atom. The number of nitrogens with one attached hydrogen (secondary N) is 1. The van der Waals surface area contributed by atoms with Gasteiger partial charge in [-0.1, -0.05) is 46.4 Å². The van der Waals surface area contributed by atoms with Gasteiger partial charge in [0.25, 0.3) is 5.91 Å². The van der Waals surface area contributed by atoms with Gasteiger partial charge in [-0.3, -0.25) is 4.79 Å². The van der Waals surface area contributed by atoms with Crippen molar-refractivity contribution in [3.63, 3.8) is 0 Å². The molecule has 18 heavy (non-hydrogen) atoms. The zero-order valence-corrected chi connectivity index (χ0v) is 12.5. The molecule has 0 aliphatic rings. The molecule has 0 bridgehead atoms. The summed E-state index contributed by atoms with van der Waals surface area (Å²) < 4.78 is 0.542. The highest BCUT2D eigenvalue weighted by atomic mass is 35.5. The van der Waals surface area contributed by atoms with Crippen LogP contribution in [0.25, 0.3) is 0 Å². The standard InChI is InChI=1S/C11H5Cl4NOS/c12-5-3-7(14)8(4-6(5)13)16-11(17)9-1-2-10(15)18-9/h1-4H,(H,16,17). The number of hydrogen-bond acceptors (Lipinski definition) is 2. The maximum atomic E-state index is 11.9. The minimum Gasteiger partial charge on any atom is -0.320 e. The van der Waals surface area contributed by atoms with E-state index in [1.165, 1.54) is 23.5 Å². The highest BCUT2D eigenvalue weighted by molar-refractivity contribution is 7.18. The van der Waals surface area contributed by atoms with Crippen LogP contribution in [-0.4, -0.2) is 5.91 Å². The number of anilines is 1. The van der Waals surface area contributed by atoms with E-state index in [9.17, 15) is 4.79 Å². The maximum Gasteiger partial charge on any atom is 0.265 e. The Hall–Kier alpha value is -0.450. The van der Waals surface area contributed by atoms with Crippen LogP contribution in [0.4, 0.5) is 5.69 Å². The molecule has 1 N–H and O–H groups in total. The van der Waals surface area contributed by atoms with Gasteiger partial charge < -0.3 is 5.32 Å². The molecule has 0 unspecified atom stereocenters. The molecule has 0 fully saturated rings. The van der Waals surface area contributed by atoms with Crippen molar-refractivity contribution in [1.29, 1.82) is 0 Å². The Morgan fingerprint density at radius 3 is 2.28 bits per heavy atom. The molecule has 2 rings (SSSR count). The summed E-state index contributed by atoms with van der Waals surface area (Å²) in [4.78, 5) is 12.4. The number of rotatable bonds is 2. The van der Waals surface area contributed by atoms with Crippen LogP contribution in [0.3, 0.4) is 0 Å². The summed E-state index contributed by atoms with van der Waals surface area (Å²) in [7, 11) is 0. The fourth-order valence-corrected chi connectivity index (χ4v) is 2.77. The SMILES string of the molecule is O=C(Nc1cc(Cl)c(Cl)cc1Cl)c1ccc(Cl)s1. The third kappa shape index (κ3) is 3.11. The first-order valence-corrected chi connectivity index (χ1v) is 7.01. The molecule has 0 radical (unpaired) electrons. The lowest BCUT2D eigenvalue weighted by Gasteiger charge is -2.07. The molecular formula is C11H5Cl4NOS. The lowest BCUT2D eigenvalue weighted by Crippen LogP contribution is -2.10. The van der Waals surface area contributed by atoms with Crippen LogP contribution in [0.15, 0.2) is 24.3 Å². The van der Waals surface area contributed by atoms with Crippen LogP contribution in [0, 0.1) is 0 Å². The summed E-state index contributed by atoms with van der Waals surface area (Å²) in [5, 5.41) is 3.62. The first-order valence-electron chi connectivity index (χ1n) is 4.68. The summed E-state index contributed by atoms with van der Waals surface area (Å²) in [5.41, 5.74) is 0.403. The van der Waals surface area contributed by atoms with E-state index in [4.69, 9.17) is 46.4 Å². The number of benzene rings is 1. The van der Waals surface area contributed by atoms with Crippen molar-refractivity contribution in [3.05, 3.63) is 48.5 Å². The van der Waals surface area contributed by atoms with E-state index in [0.29, 0.717) is 30.0 Å². The van der Waals surface area contributed by atoms with Gasteiger partial charge in [0.1, 0.15) is 0 Å². The number of carbonyl (C=O) groups is 1. The van der Waals surface area contributed by atoms with Crippen LogP contribution in [-0.2, 0) is 0 Å². The molecule has 0 atom stereocenters. The molecule has 2 nitrogen and oxygen atoms in total. The van der Waals surface area contributed by atoms with E-state index in [1.54, 1.807) is 12.1 Å². The molecule has 0 saturated carbocycles. The number of halogens is 4. The van der Waals surface area contributed by atoms with E-state index in [-0.39, 0.29) is 5.91 Å². The van der Waals surface area contributed by atoms with Crippen LogP contribution < -0.4 is 5.32 Å². The lowest BCUT2D eigenvalue weighted by atomic mass is 10.3. The second kappa shape index (κ2) is 5.68. The number of carbonyl (C=O) groups excluding carboxylic acids is 1. The van der Waals surface area contributed by atoms with Gasteiger partial charge >= 0.3 is 0 Å². The van der Waals surface area contributed by atoms with Gasteiger partial charge in [-0.2, -0.15) is 0 Å². The summed E-state index contributed by atoms with van der Waals surface area (Å²) in [6, 6.07) is 6.26. The average Bonchev–Trinajstić information content (AvgIpc) is 2.73. The second-order valence-corrected chi connectivity index (χ2v) is 6.24. The number of thiophene rings is 1. The second-order valence-electron chi connectivity index (χ2n) is 3.30. The van der Waals surface area contributed by atoms with Gasteiger partial charge in [0.2, 0.25) is 0 Å².